The summed E-state index contributed by atoms with van der Waals surface area (Å²) in [6.07, 6.45) is 0.536. The molecule has 1 atom stereocenters. The molecule has 0 heterocycles. The summed E-state index contributed by atoms with van der Waals surface area (Å²) in [6.45, 7) is 7.41. The zero-order valence-corrected chi connectivity index (χ0v) is 13.1. The molecule has 4 heteroatoms. The maximum absolute atomic E-state index is 8.05. The minimum atomic E-state index is -0.361. The van der Waals surface area contributed by atoms with E-state index in [0.29, 0.717) is 0 Å². The Labute approximate surface area is 124 Å². The second kappa shape index (κ2) is 11.3. The van der Waals surface area contributed by atoms with Gasteiger partial charge in [0.1, 0.15) is 0 Å². The zero-order valence-electron chi connectivity index (χ0n) is 6.79. The van der Waals surface area contributed by atoms with Crippen LogP contribution in [0.15, 0.2) is 0 Å². The molecule has 0 saturated carbocycles. The fourth-order valence-corrected chi connectivity index (χ4v) is 0.318. The Balaban J connectivity index is -0.000000245. The number of hydrogen-bond donors (Lipinski definition) is 1. The molecule has 0 aromatic carbocycles. The van der Waals surface area contributed by atoms with E-state index in [4.69, 9.17) is 5.26 Å². The van der Waals surface area contributed by atoms with E-state index in [1.165, 1.54) is 0 Å². The Morgan fingerprint density at radius 3 is 2.20 bits per heavy atom. The van der Waals surface area contributed by atoms with E-state index < -0.39 is 0 Å². The van der Waals surface area contributed by atoms with Crippen molar-refractivity contribution in [2.45, 2.75) is 26.4 Å². The van der Waals surface area contributed by atoms with Crippen LogP contribution in [-0.4, -0.2) is 11.4 Å². The van der Waals surface area contributed by atoms with Gasteiger partial charge in [-0.15, -0.1) is 0 Å². The standard InChI is InChI=1S/C6H12O2.Rb.V/c1-4-5(2)6(3)8-7;;/h6-7H,3-4H2,1-2H3;;/q-2;+1;. The first-order chi connectivity index (χ1) is 3.72. The first kappa shape index (κ1) is 18.2. The molecule has 0 amide bonds. The van der Waals surface area contributed by atoms with Crippen LogP contribution in [0.2, 0.25) is 0 Å². The van der Waals surface area contributed by atoms with E-state index in [2.05, 4.69) is 11.8 Å². The minimum Gasteiger partial charge on any atom is -0.342 e. The van der Waals surface area contributed by atoms with Gasteiger partial charge in [-0.3, -0.25) is 5.26 Å². The summed E-state index contributed by atoms with van der Waals surface area (Å²) in [6, 6.07) is 0. The van der Waals surface area contributed by atoms with Gasteiger partial charge in [0.05, 0.1) is 0 Å². The van der Waals surface area contributed by atoms with Crippen LogP contribution < -0.4 is 58.2 Å². The van der Waals surface area contributed by atoms with Gasteiger partial charge in [-0.1, -0.05) is 6.92 Å². The van der Waals surface area contributed by atoms with Gasteiger partial charge in [-0.2, -0.15) is 19.4 Å². The van der Waals surface area contributed by atoms with Gasteiger partial charge in [-0.25, -0.2) is 0 Å². The van der Waals surface area contributed by atoms with Gasteiger partial charge in [0.15, 0.2) is 0 Å². The average molecular weight is 253 g/mol. The summed E-state index contributed by atoms with van der Waals surface area (Å²) in [4.78, 5) is 3.95. The molecule has 0 aromatic heterocycles. The van der Waals surface area contributed by atoms with Crippen molar-refractivity contribution in [1.29, 1.82) is 0 Å². The van der Waals surface area contributed by atoms with Gasteiger partial charge < -0.3 is 17.7 Å². The molecular weight excluding hydrogens is 240 g/mol. The summed E-state index contributed by atoms with van der Waals surface area (Å²) in [5.41, 5.74) is 0. The molecule has 0 aromatic rings. The molecule has 0 saturated heterocycles. The summed E-state index contributed by atoms with van der Waals surface area (Å²) < 4.78 is 0. The first-order valence-corrected chi connectivity index (χ1v) is 2.68. The van der Waals surface area contributed by atoms with Crippen molar-refractivity contribution in [1.82, 2.24) is 0 Å². The smallest absolute Gasteiger partial charge is 0.342 e. The normalized spacial score (nSPS) is 11.7. The third-order valence-corrected chi connectivity index (χ3v) is 1.23. The molecule has 10 heavy (non-hydrogen) atoms. The first-order valence-electron chi connectivity index (χ1n) is 2.68. The van der Waals surface area contributed by atoms with Gasteiger partial charge in [0.25, 0.3) is 0 Å². The van der Waals surface area contributed by atoms with Crippen LogP contribution in [0.4, 0.5) is 0 Å². The van der Waals surface area contributed by atoms with Crippen LogP contribution in [0.3, 0.4) is 0 Å². The van der Waals surface area contributed by atoms with E-state index in [-0.39, 0.29) is 82.8 Å². The third kappa shape index (κ3) is 8.41. The summed E-state index contributed by atoms with van der Waals surface area (Å²) >= 11 is 0. The van der Waals surface area contributed by atoms with Crippen molar-refractivity contribution in [3.63, 3.8) is 0 Å². The van der Waals surface area contributed by atoms with E-state index in [9.17, 15) is 0 Å². The van der Waals surface area contributed by atoms with Crippen molar-refractivity contribution in [2.24, 2.45) is 0 Å². The molecule has 0 rings (SSSR count). The SMILES string of the molecule is [CH2-]C(OO)[C-](C)CC.[Rb+].[V]. The molecule has 1 unspecified atom stereocenters. The monoisotopic (exact) mass is 252 g/mol. The maximum Gasteiger partial charge on any atom is 1.00 e. The van der Waals surface area contributed by atoms with Crippen LogP contribution in [-0.2, 0) is 23.4 Å². The molecule has 0 bridgehead atoms. The van der Waals surface area contributed by atoms with Gasteiger partial charge in [0.2, 0.25) is 0 Å². The predicted octanol–water partition coefficient (Wildman–Crippen LogP) is -1.32. The van der Waals surface area contributed by atoms with E-state index in [1.54, 1.807) is 0 Å². The van der Waals surface area contributed by atoms with Crippen LogP contribution in [0.5, 0.6) is 0 Å². The van der Waals surface area contributed by atoms with Crippen LogP contribution in [0.25, 0.3) is 0 Å². The topological polar surface area (TPSA) is 29.5 Å². The van der Waals surface area contributed by atoms with Crippen LogP contribution in [0, 0.1) is 12.8 Å². The summed E-state index contributed by atoms with van der Waals surface area (Å²) in [5.74, 6) is 1.05. The van der Waals surface area contributed by atoms with E-state index >= 15 is 0 Å². The van der Waals surface area contributed by atoms with Gasteiger partial charge in [-0.05, 0) is 0 Å². The van der Waals surface area contributed by atoms with Crippen LogP contribution in [0.1, 0.15) is 20.3 Å². The fraction of sp³-hybridized carbons (Fsp3) is 0.667. The van der Waals surface area contributed by atoms with E-state index in [1.807, 2.05) is 13.8 Å². The van der Waals surface area contributed by atoms with Gasteiger partial charge >= 0.3 is 58.2 Å². The second-order valence-corrected chi connectivity index (χ2v) is 1.79. The Bertz CT molecular complexity index is 55.7. The molecule has 0 spiro atoms. The molecule has 0 aliphatic rings. The average Bonchev–Trinajstić information content (AvgIpc) is 1.84. The Morgan fingerprint density at radius 1 is 1.70 bits per heavy atom. The third-order valence-electron chi connectivity index (χ3n) is 1.23. The van der Waals surface area contributed by atoms with E-state index in [0.717, 1.165) is 12.3 Å². The predicted molar refractivity (Wildman–Crippen MR) is 32.1 cm³/mol. The molecule has 0 aliphatic carbocycles. The van der Waals surface area contributed by atoms with Crippen molar-refractivity contribution in [3.8, 4) is 0 Å². The molecule has 0 aliphatic heterocycles. The molecule has 2 nitrogen and oxygen atoms in total. The molecule has 0 fully saturated rings. The Morgan fingerprint density at radius 2 is 2.10 bits per heavy atom. The molecule has 55 valence electrons. The molecule has 1 radical (unpaired) electrons. The fourth-order valence-electron chi connectivity index (χ4n) is 0.318. The quantitative estimate of drug-likeness (QED) is 0.384. The van der Waals surface area contributed by atoms with Crippen molar-refractivity contribution in [3.05, 3.63) is 12.8 Å². The Hall–Kier alpha value is 2.31. The maximum atomic E-state index is 8.05. The van der Waals surface area contributed by atoms with Crippen LogP contribution >= 0.6 is 0 Å². The minimum absolute atomic E-state index is 0. The summed E-state index contributed by atoms with van der Waals surface area (Å²) in [5, 5.41) is 8.05. The molecule has 1 N–H and O–H groups in total. The van der Waals surface area contributed by atoms with Crippen molar-refractivity contribution < 1.29 is 86.9 Å². The van der Waals surface area contributed by atoms with Gasteiger partial charge in [0, 0.05) is 18.6 Å². The van der Waals surface area contributed by atoms with Crippen molar-refractivity contribution in [2.75, 3.05) is 0 Å². The zero-order chi connectivity index (χ0) is 6.57. The summed E-state index contributed by atoms with van der Waals surface area (Å²) in [7, 11) is 0. The Kier molecular flexibility index (Phi) is 20.5. The largest absolute Gasteiger partial charge is 1.00 e. The number of rotatable bonds is 3. The van der Waals surface area contributed by atoms with Crippen molar-refractivity contribution >= 4 is 0 Å². The second-order valence-electron chi connectivity index (χ2n) is 1.79. The number of hydrogen-bond acceptors (Lipinski definition) is 2. The molecular formula is C6H12O2RbV-.